The second kappa shape index (κ2) is 10.2. The molecule has 2 saturated heterocycles. The number of hydrogen-bond acceptors (Lipinski definition) is 3. The standard InChI is InChI=1S/C16H26N4O.2ClH/c21-16(5-4-13-6-8-17-9-7-13)20-10-2-1-3-15(20)14-11-18-19-12-14;;/h11-13,15,17H,1-10H2,(H,18,19);2*1H. The molecule has 0 radical (unpaired) electrons. The highest BCUT2D eigenvalue weighted by molar-refractivity contribution is 5.85. The molecule has 5 nitrogen and oxygen atoms in total. The van der Waals surface area contributed by atoms with Crippen LogP contribution in [0.25, 0.3) is 0 Å². The summed E-state index contributed by atoms with van der Waals surface area (Å²) in [6.45, 7) is 3.13. The van der Waals surface area contributed by atoms with Gasteiger partial charge in [0.2, 0.25) is 5.91 Å². The SMILES string of the molecule is Cl.Cl.O=C(CCC1CCNCC1)N1CCCCC1c1cn[nH]c1. The van der Waals surface area contributed by atoms with E-state index in [2.05, 4.69) is 20.4 Å². The number of halogens is 2. The van der Waals surface area contributed by atoms with Gasteiger partial charge in [-0.1, -0.05) is 0 Å². The summed E-state index contributed by atoms with van der Waals surface area (Å²) in [5, 5.41) is 10.3. The van der Waals surface area contributed by atoms with Crippen LogP contribution in [0, 0.1) is 5.92 Å². The number of aromatic nitrogens is 2. The zero-order valence-corrected chi connectivity index (χ0v) is 15.1. The summed E-state index contributed by atoms with van der Waals surface area (Å²) >= 11 is 0. The van der Waals surface area contributed by atoms with Gasteiger partial charge in [0, 0.05) is 24.7 Å². The highest BCUT2D eigenvalue weighted by Gasteiger charge is 2.28. The molecule has 0 spiro atoms. The summed E-state index contributed by atoms with van der Waals surface area (Å²) < 4.78 is 0. The zero-order valence-electron chi connectivity index (χ0n) is 13.5. The van der Waals surface area contributed by atoms with E-state index in [1.165, 1.54) is 19.3 Å². The molecular formula is C16H28Cl2N4O. The van der Waals surface area contributed by atoms with Gasteiger partial charge in [-0.05, 0) is 57.5 Å². The van der Waals surface area contributed by atoms with E-state index in [1.54, 1.807) is 0 Å². The van der Waals surface area contributed by atoms with Crippen molar-refractivity contribution >= 4 is 30.7 Å². The molecule has 1 amide bonds. The molecule has 3 rings (SSSR count). The number of nitrogens with zero attached hydrogens (tertiary/aromatic N) is 2. The van der Waals surface area contributed by atoms with Gasteiger partial charge in [0.25, 0.3) is 0 Å². The lowest BCUT2D eigenvalue weighted by Crippen LogP contribution is -2.38. The highest BCUT2D eigenvalue weighted by Crippen LogP contribution is 2.31. The maximum atomic E-state index is 12.6. The van der Waals surface area contributed by atoms with E-state index in [9.17, 15) is 4.79 Å². The third-order valence-electron chi connectivity index (χ3n) is 4.95. The molecule has 2 fully saturated rings. The van der Waals surface area contributed by atoms with Crippen molar-refractivity contribution in [2.75, 3.05) is 19.6 Å². The minimum absolute atomic E-state index is 0. The Balaban J connectivity index is 0.00000132. The number of nitrogens with one attached hydrogen (secondary N) is 2. The van der Waals surface area contributed by atoms with Gasteiger partial charge in [0.15, 0.2) is 0 Å². The van der Waals surface area contributed by atoms with Gasteiger partial charge < -0.3 is 10.2 Å². The number of carbonyl (C=O) groups excluding carboxylic acids is 1. The van der Waals surface area contributed by atoms with Gasteiger partial charge in [-0.2, -0.15) is 5.10 Å². The van der Waals surface area contributed by atoms with Crippen molar-refractivity contribution in [1.29, 1.82) is 0 Å². The topological polar surface area (TPSA) is 61.0 Å². The molecule has 1 aromatic heterocycles. The first kappa shape index (κ1) is 20.3. The Hall–Kier alpha value is -0.780. The molecule has 7 heteroatoms. The van der Waals surface area contributed by atoms with E-state index in [0.29, 0.717) is 12.3 Å². The lowest BCUT2D eigenvalue weighted by atomic mass is 9.92. The molecule has 132 valence electrons. The molecule has 2 aliphatic heterocycles. The van der Waals surface area contributed by atoms with Crippen LogP contribution >= 0.6 is 24.8 Å². The van der Waals surface area contributed by atoms with Gasteiger partial charge >= 0.3 is 0 Å². The molecule has 0 saturated carbocycles. The van der Waals surface area contributed by atoms with E-state index in [1.807, 2.05) is 12.4 Å². The summed E-state index contributed by atoms with van der Waals surface area (Å²) in [7, 11) is 0. The summed E-state index contributed by atoms with van der Waals surface area (Å²) in [5.74, 6) is 1.06. The highest BCUT2D eigenvalue weighted by atomic mass is 35.5. The molecule has 3 heterocycles. The van der Waals surface area contributed by atoms with Crippen LogP contribution in [0.3, 0.4) is 0 Å². The monoisotopic (exact) mass is 362 g/mol. The molecule has 1 atom stereocenters. The third kappa shape index (κ3) is 5.37. The van der Waals surface area contributed by atoms with Crippen molar-refractivity contribution in [3.63, 3.8) is 0 Å². The van der Waals surface area contributed by atoms with Crippen molar-refractivity contribution < 1.29 is 4.79 Å². The summed E-state index contributed by atoms with van der Waals surface area (Å²) in [6, 6.07) is 0.234. The number of aromatic amines is 1. The fourth-order valence-corrected chi connectivity index (χ4v) is 3.66. The fourth-order valence-electron chi connectivity index (χ4n) is 3.66. The van der Waals surface area contributed by atoms with Gasteiger partial charge in [0.1, 0.15) is 0 Å². The second-order valence-corrected chi connectivity index (χ2v) is 6.36. The number of rotatable bonds is 4. The number of H-pyrrole nitrogens is 1. The Labute approximate surface area is 150 Å². The Kier molecular flexibility index (Phi) is 8.95. The zero-order chi connectivity index (χ0) is 14.5. The summed E-state index contributed by atoms with van der Waals surface area (Å²) in [5.41, 5.74) is 1.16. The fraction of sp³-hybridized carbons (Fsp3) is 0.750. The molecular weight excluding hydrogens is 335 g/mol. The molecule has 2 N–H and O–H groups in total. The first-order valence-corrected chi connectivity index (χ1v) is 8.33. The van der Waals surface area contributed by atoms with Crippen LogP contribution in [-0.4, -0.2) is 40.6 Å². The lowest BCUT2D eigenvalue weighted by Gasteiger charge is -2.36. The first-order valence-electron chi connectivity index (χ1n) is 8.33. The Morgan fingerprint density at radius 3 is 2.70 bits per heavy atom. The minimum atomic E-state index is 0. The van der Waals surface area contributed by atoms with Crippen LogP contribution in [0.15, 0.2) is 12.4 Å². The smallest absolute Gasteiger partial charge is 0.223 e. The van der Waals surface area contributed by atoms with E-state index >= 15 is 0 Å². The third-order valence-corrected chi connectivity index (χ3v) is 4.95. The first-order chi connectivity index (χ1) is 10.3. The van der Waals surface area contributed by atoms with Crippen LogP contribution in [0.1, 0.15) is 56.6 Å². The van der Waals surface area contributed by atoms with Crippen molar-refractivity contribution in [1.82, 2.24) is 20.4 Å². The summed E-state index contributed by atoms with van der Waals surface area (Å²) in [4.78, 5) is 14.7. The number of hydrogen-bond donors (Lipinski definition) is 2. The van der Waals surface area contributed by atoms with Crippen molar-refractivity contribution in [3.8, 4) is 0 Å². The van der Waals surface area contributed by atoms with Crippen molar-refractivity contribution in [3.05, 3.63) is 18.0 Å². The van der Waals surface area contributed by atoms with E-state index in [-0.39, 0.29) is 30.9 Å². The van der Waals surface area contributed by atoms with Crippen LogP contribution in [0.4, 0.5) is 0 Å². The Morgan fingerprint density at radius 1 is 1.22 bits per heavy atom. The maximum Gasteiger partial charge on any atom is 0.223 e. The Bertz CT molecular complexity index is 449. The molecule has 1 aromatic rings. The molecule has 0 aliphatic carbocycles. The minimum Gasteiger partial charge on any atom is -0.336 e. The predicted octanol–water partition coefficient (Wildman–Crippen LogP) is 3.09. The van der Waals surface area contributed by atoms with Crippen molar-refractivity contribution in [2.24, 2.45) is 5.92 Å². The number of carbonyl (C=O) groups is 1. The quantitative estimate of drug-likeness (QED) is 0.864. The van der Waals surface area contributed by atoms with Crippen molar-refractivity contribution in [2.45, 2.75) is 51.0 Å². The van der Waals surface area contributed by atoms with Gasteiger partial charge in [-0.3, -0.25) is 9.89 Å². The van der Waals surface area contributed by atoms with Gasteiger partial charge in [-0.25, -0.2) is 0 Å². The molecule has 0 bridgehead atoms. The predicted molar refractivity (Wildman–Crippen MR) is 96.2 cm³/mol. The molecule has 23 heavy (non-hydrogen) atoms. The maximum absolute atomic E-state index is 12.6. The van der Waals surface area contributed by atoms with E-state index < -0.39 is 0 Å². The largest absolute Gasteiger partial charge is 0.336 e. The van der Waals surface area contributed by atoms with Crippen LogP contribution in [-0.2, 0) is 4.79 Å². The number of likely N-dealkylation sites (tertiary alicyclic amines) is 1. The van der Waals surface area contributed by atoms with Crippen LogP contribution in [0.5, 0.6) is 0 Å². The van der Waals surface area contributed by atoms with E-state index in [0.717, 1.165) is 50.4 Å². The molecule has 0 aromatic carbocycles. The lowest BCUT2D eigenvalue weighted by molar-refractivity contribution is -0.135. The Morgan fingerprint density at radius 2 is 2.00 bits per heavy atom. The number of amides is 1. The average molecular weight is 363 g/mol. The molecule has 1 unspecified atom stereocenters. The molecule has 2 aliphatic rings. The second-order valence-electron chi connectivity index (χ2n) is 6.36. The van der Waals surface area contributed by atoms with Crippen LogP contribution < -0.4 is 5.32 Å². The summed E-state index contributed by atoms with van der Waals surface area (Å²) in [6.07, 6.45) is 11.4. The number of piperidine rings is 2. The normalized spacial score (nSPS) is 22.1. The van der Waals surface area contributed by atoms with Gasteiger partial charge in [-0.15, -0.1) is 24.8 Å². The van der Waals surface area contributed by atoms with E-state index in [4.69, 9.17) is 0 Å². The van der Waals surface area contributed by atoms with Gasteiger partial charge in [0.05, 0.1) is 12.2 Å². The average Bonchev–Trinajstić information content (AvgIpc) is 3.08. The van der Waals surface area contributed by atoms with Crippen LogP contribution in [0.2, 0.25) is 0 Å².